The number of aliphatic imine (C=N–C) groups is 1. The van der Waals surface area contributed by atoms with E-state index in [2.05, 4.69) is 48.9 Å². The Kier molecular flexibility index (Phi) is 8.51. The number of thiophene rings is 1. The Bertz CT molecular complexity index is 780. The molecular weight excluding hydrogens is 368 g/mol. The van der Waals surface area contributed by atoms with Gasteiger partial charge in [0.25, 0.3) is 0 Å². The number of nitrogens with zero attached hydrogens (tertiary/aromatic N) is 1. The molecule has 6 heteroatoms. The van der Waals surface area contributed by atoms with E-state index in [1.807, 2.05) is 49.4 Å². The lowest BCUT2D eigenvalue weighted by molar-refractivity contribution is -0.118. The van der Waals surface area contributed by atoms with Crippen LogP contribution in [0.3, 0.4) is 0 Å². The van der Waals surface area contributed by atoms with Crippen LogP contribution in [0.4, 0.5) is 5.69 Å². The number of hydrogen-bond acceptors (Lipinski definition) is 3. The lowest BCUT2D eigenvalue weighted by Gasteiger charge is -2.17. The third kappa shape index (κ3) is 7.35. The van der Waals surface area contributed by atoms with Crippen LogP contribution in [-0.4, -0.2) is 24.5 Å². The first kappa shape index (κ1) is 22.0. The van der Waals surface area contributed by atoms with E-state index in [-0.39, 0.29) is 11.8 Å². The van der Waals surface area contributed by atoms with Crippen LogP contribution in [0.1, 0.15) is 43.0 Å². The Morgan fingerprint density at radius 3 is 2.39 bits per heavy atom. The second-order valence-corrected chi connectivity index (χ2v) is 8.67. The monoisotopic (exact) mass is 400 g/mol. The molecule has 1 heterocycles. The van der Waals surface area contributed by atoms with E-state index in [0.717, 1.165) is 30.2 Å². The van der Waals surface area contributed by atoms with Gasteiger partial charge in [-0.25, -0.2) is 4.99 Å². The second-order valence-electron chi connectivity index (χ2n) is 7.30. The number of nitrogens with one attached hydrogen (secondary N) is 3. The minimum Gasteiger partial charge on any atom is -0.357 e. The predicted molar refractivity (Wildman–Crippen MR) is 120 cm³/mol. The Hall–Kier alpha value is -2.34. The number of benzene rings is 1. The molecular formula is C22H32N4OS. The molecule has 1 unspecified atom stereocenters. The van der Waals surface area contributed by atoms with Gasteiger partial charge in [0.2, 0.25) is 5.91 Å². The Morgan fingerprint density at radius 1 is 1.11 bits per heavy atom. The summed E-state index contributed by atoms with van der Waals surface area (Å²) >= 11 is 1.84. The quantitative estimate of drug-likeness (QED) is 0.456. The molecule has 152 valence electrons. The minimum absolute atomic E-state index is 0.0272. The van der Waals surface area contributed by atoms with E-state index in [4.69, 9.17) is 4.99 Å². The van der Waals surface area contributed by atoms with Crippen molar-refractivity contribution in [3.05, 3.63) is 51.7 Å². The smallest absolute Gasteiger partial charge is 0.226 e. The lowest BCUT2D eigenvalue weighted by atomic mass is 10.1. The van der Waals surface area contributed by atoms with Crippen molar-refractivity contribution in [1.29, 1.82) is 0 Å². The van der Waals surface area contributed by atoms with Crippen molar-refractivity contribution in [2.45, 2.75) is 53.6 Å². The Balaban J connectivity index is 1.92. The van der Waals surface area contributed by atoms with E-state index >= 15 is 0 Å². The van der Waals surface area contributed by atoms with Gasteiger partial charge in [-0.1, -0.05) is 26.0 Å². The van der Waals surface area contributed by atoms with Crippen LogP contribution in [-0.2, 0) is 17.8 Å². The normalized spacial score (nSPS) is 12.7. The van der Waals surface area contributed by atoms with Crippen molar-refractivity contribution in [2.24, 2.45) is 10.9 Å². The van der Waals surface area contributed by atoms with Crippen LogP contribution >= 0.6 is 11.3 Å². The summed E-state index contributed by atoms with van der Waals surface area (Å²) in [6.45, 7) is 11.5. The van der Waals surface area contributed by atoms with Gasteiger partial charge < -0.3 is 16.0 Å². The fourth-order valence-electron chi connectivity index (χ4n) is 2.65. The fraction of sp³-hybridized carbons (Fsp3) is 0.455. The van der Waals surface area contributed by atoms with Gasteiger partial charge in [0, 0.05) is 40.4 Å². The van der Waals surface area contributed by atoms with E-state index in [9.17, 15) is 4.79 Å². The molecule has 0 fully saturated rings. The first-order chi connectivity index (χ1) is 13.4. The average Bonchev–Trinajstić information content (AvgIpc) is 3.05. The molecule has 1 aromatic heterocycles. The number of carbonyl (C=O) groups is 1. The van der Waals surface area contributed by atoms with Crippen LogP contribution in [0.2, 0.25) is 0 Å². The molecule has 1 aromatic carbocycles. The molecule has 0 radical (unpaired) electrons. The highest BCUT2D eigenvalue weighted by atomic mass is 32.1. The van der Waals surface area contributed by atoms with Gasteiger partial charge in [0.1, 0.15) is 0 Å². The molecule has 0 aliphatic carbocycles. The molecule has 2 aromatic rings. The maximum atomic E-state index is 11.8. The van der Waals surface area contributed by atoms with Gasteiger partial charge in [-0.3, -0.25) is 4.79 Å². The zero-order valence-electron chi connectivity index (χ0n) is 17.5. The number of aryl methyl sites for hydroxylation is 1. The molecule has 28 heavy (non-hydrogen) atoms. The van der Waals surface area contributed by atoms with Crippen molar-refractivity contribution in [1.82, 2.24) is 10.6 Å². The van der Waals surface area contributed by atoms with Crippen molar-refractivity contribution in [3.8, 4) is 0 Å². The van der Waals surface area contributed by atoms with Crippen LogP contribution in [0.15, 0.2) is 41.4 Å². The molecule has 1 atom stereocenters. The van der Waals surface area contributed by atoms with E-state index < -0.39 is 0 Å². The van der Waals surface area contributed by atoms with Crippen LogP contribution in [0.25, 0.3) is 0 Å². The number of rotatable bonds is 8. The maximum absolute atomic E-state index is 11.8. The Labute approximate surface area is 172 Å². The molecule has 0 aliphatic rings. The third-order valence-corrected chi connectivity index (χ3v) is 5.22. The SMILES string of the molecule is CCNC(=NCc1ccc(NC(=O)C(C)C)cc1)NC(C)Cc1ccc(C)s1. The first-order valence-electron chi connectivity index (χ1n) is 9.87. The average molecular weight is 401 g/mol. The van der Waals surface area contributed by atoms with Gasteiger partial charge in [-0.2, -0.15) is 0 Å². The van der Waals surface area contributed by atoms with Crippen molar-refractivity contribution < 1.29 is 4.79 Å². The minimum atomic E-state index is -0.0295. The van der Waals surface area contributed by atoms with Crippen LogP contribution < -0.4 is 16.0 Å². The summed E-state index contributed by atoms with van der Waals surface area (Å²) in [5.41, 5.74) is 1.91. The summed E-state index contributed by atoms with van der Waals surface area (Å²) in [5.74, 6) is 0.817. The van der Waals surface area contributed by atoms with Crippen LogP contribution in [0, 0.1) is 12.8 Å². The van der Waals surface area contributed by atoms with Gasteiger partial charge >= 0.3 is 0 Å². The molecule has 1 amide bonds. The second kappa shape index (κ2) is 10.9. The highest BCUT2D eigenvalue weighted by Crippen LogP contribution is 2.16. The van der Waals surface area contributed by atoms with Gasteiger partial charge in [-0.05, 0) is 50.6 Å². The summed E-state index contributed by atoms with van der Waals surface area (Å²) < 4.78 is 0. The standard InChI is InChI=1S/C22H32N4OS/c1-6-23-22(25-16(4)13-20-12-7-17(5)28-20)24-14-18-8-10-19(11-9-18)26-21(27)15(2)3/h7-12,15-16H,6,13-14H2,1-5H3,(H,26,27)(H2,23,24,25). The zero-order chi connectivity index (χ0) is 20.5. The largest absolute Gasteiger partial charge is 0.357 e. The third-order valence-electron chi connectivity index (χ3n) is 4.20. The number of carbonyl (C=O) groups excluding carboxylic acids is 1. The molecule has 0 spiro atoms. The number of guanidine groups is 1. The van der Waals surface area contributed by atoms with Crippen molar-refractivity contribution >= 4 is 28.9 Å². The number of amides is 1. The summed E-state index contributed by atoms with van der Waals surface area (Å²) in [6, 6.07) is 12.5. The first-order valence-corrected chi connectivity index (χ1v) is 10.7. The van der Waals surface area contributed by atoms with Crippen molar-refractivity contribution in [2.75, 3.05) is 11.9 Å². The van der Waals surface area contributed by atoms with Gasteiger partial charge in [-0.15, -0.1) is 11.3 Å². The highest BCUT2D eigenvalue weighted by molar-refractivity contribution is 7.11. The molecule has 0 bridgehead atoms. The highest BCUT2D eigenvalue weighted by Gasteiger charge is 2.09. The molecule has 0 saturated carbocycles. The summed E-state index contributed by atoms with van der Waals surface area (Å²) in [5, 5.41) is 9.70. The molecule has 3 N–H and O–H groups in total. The molecule has 2 rings (SSSR count). The summed E-state index contributed by atoms with van der Waals surface area (Å²) in [4.78, 5) is 19.2. The van der Waals surface area contributed by atoms with E-state index in [0.29, 0.717) is 12.6 Å². The lowest BCUT2D eigenvalue weighted by Crippen LogP contribution is -2.43. The van der Waals surface area contributed by atoms with Crippen molar-refractivity contribution in [3.63, 3.8) is 0 Å². The summed E-state index contributed by atoms with van der Waals surface area (Å²) in [6.07, 6.45) is 0.979. The maximum Gasteiger partial charge on any atom is 0.226 e. The number of anilines is 1. The van der Waals surface area contributed by atoms with E-state index in [1.54, 1.807) is 0 Å². The summed E-state index contributed by atoms with van der Waals surface area (Å²) in [7, 11) is 0. The van der Waals surface area contributed by atoms with Gasteiger partial charge in [0.05, 0.1) is 6.54 Å². The van der Waals surface area contributed by atoms with Gasteiger partial charge in [0.15, 0.2) is 5.96 Å². The fourth-order valence-corrected chi connectivity index (χ4v) is 3.67. The predicted octanol–water partition coefficient (Wildman–Crippen LogP) is 4.34. The molecule has 5 nitrogen and oxygen atoms in total. The topological polar surface area (TPSA) is 65.5 Å². The molecule has 0 aliphatic heterocycles. The Morgan fingerprint density at radius 2 is 1.82 bits per heavy atom. The number of hydrogen-bond donors (Lipinski definition) is 3. The van der Waals surface area contributed by atoms with Crippen LogP contribution in [0.5, 0.6) is 0 Å². The molecule has 0 saturated heterocycles. The van der Waals surface area contributed by atoms with E-state index in [1.165, 1.54) is 9.75 Å². The zero-order valence-corrected chi connectivity index (χ0v) is 18.3.